The van der Waals surface area contributed by atoms with Crippen LogP contribution < -0.4 is 0 Å². The van der Waals surface area contributed by atoms with Crippen molar-refractivity contribution in [2.75, 3.05) is 33.5 Å². The normalized spacial score (nSPS) is 56.6. The second-order valence-corrected chi connectivity index (χ2v) is 16.1. The summed E-state index contributed by atoms with van der Waals surface area (Å²) in [7, 11) is 1.62. The Kier molecular flexibility index (Phi) is 12.3. The molecule has 0 amide bonds. The Balaban J connectivity index is 1.03. The summed E-state index contributed by atoms with van der Waals surface area (Å²) in [6, 6.07) is 0. The number of aliphatic hydroxyl groups is 1. The molecule has 24 atom stereocenters. The smallest absolute Gasteiger partial charge is 0.163 e. The number of hydrogen-bond acceptors (Lipinski definition) is 17. The van der Waals surface area contributed by atoms with E-state index in [1.165, 1.54) is 0 Å². The van der Waals surface area contributed by atoms with Crippen molar-refractivity contribution in [2.24, 2.45) is 23.7 Å². The maximum absolute atomic E-state index is 11.3. The van der Waals surface area contributed by atoms with Gasteiger partial charge < -0.3 is 80.9 Å². The fraction of sp³-hybridized carbons (Fsp3) is 1.00. The molecule has 0 aromatic heterocycles. The second-order valence-electron chi connectivity index (χ2n) is 16.1. The molecule has 12 unspecified atom stereocenters. The topological polar surface area (TPSA) is 168 Å². The molecule has 17 heteroatoms. The SMILES string of the molecule is CO[C@@H]1OC2COC(C)O[C@@H]2[C@H](O[C@@H]2OC3COC(C)O[C@@H]3[C@H](O[C@@H]3OC4COC(C)O[C@@H]4[C@H](O[C@@H]4OC5COC(C)O[C@@H]5[C@H](O)C4C)C3C)C2C)C1C. The first-order chi connectivity index (χ1) is 25.9. The molecule has 0 spiro atoms. The van der Waals surface area contributed by atoms with Gasteiger partial charge in [-0.1, -0.05) is 27.7 Å². The average molecular weight is 777 g/mol. The highest BCUT2D eigenvalue weighted by Gasteiger charge is 2.57. The lowest BCUT2D eigenvalue weighted by Crippen LogP contribution is -2.67. The third-order valence-corrected chi connectivity index (χ3v) is 12.3. The number of hydrogen-bond donors (Lipinski definition) is 1. The lowest BCUT2D eigenvalue weighted by atomic mass is 9.88. The predicted molar refractivity (Wildman–Crippen MR) is 180 cm³/mol. The van der Waals surface area contributed by atoms with Crippen molar-refractivity contribution in [1.82, 2.24) is 0 Å². The Morgan fingerprint density at radius 1 is 0.389 bits per heavy atom. The van der Waals surface area contributed by atoms with E-state index >= 15 is 0 Å². The van der Waals surface area contributed by atoms with Crippen LogP contribution in [0.25, 0.3) is 0 Å². The van der Waals surface area contributed by atoms with Crippen LogP contribution in [0.4, 0.5) is 0 Å². The van der Waals surface area contributed by atoms with Crippen LogP contribution >= 0.6 is 0 Å². The number of rotatable bonds is 7. The van der Waals surface area contributed by atoms with Crippen molar-refractivity contribution in [1.29, 1.82) is 0 Å². The number of fused-ring (bicyclic) bond motifs is 4. The summed E-state index contributed by atoms with van der Waals surface area (Å²) in [5.41, 5.74) is 0. The maximum Gasteiger partial charge on any atom is 0.163 e. The molecule has 8 heterocycles. The Morgan fingerprint density at radius 2 is 0.685 bits per heavy atom. The minimum Gasteiger partial charge on any atom is -0.390 e. The van der Waals surface area contributed by atoms with E-state index in [-0.39, 0.29) is 37.1 Å². The summed E-state index contributed by atoms with van der Waals surface area (Å²) in [5.74, 6) is -1.29. The largest absolute Gasteiger partial charge is 0.390 e. The lowest BCUT2D eigenvalue weighted by molar-refractivity contribution is -0.414. The zero-order valence-corrected chi connectivity index (χ0v) is 32.7. The monoisotopic (exact) mass is 776 g/mol. The molecule has 54 heavy (non-hydrogen) atoms. The number of aliphatic hydroxyl groups excluding tert-OH is 1. The molecule has 0 bridgehead atoms. The minimum atomic E-state index is -0.820. The van der Waals surface area contributed by atoms with Crippen molar-refractivity contribution >= 4 is 0 Å². The molecule has 1 N–H and O–H groups in total. The third kappa shape index (κ3) is 7.77. The fourth-order valence-electron chi connectivity index (χ4n) is 9.14. The van der Waals surface area contributed by atoms with Crippen molar-refractivity contribution in [3.05, 3.63) is 0 Å². The van der Waals surface area contributed by atoms with E-state index < -0.39 is 123 Å². The highest BCUT2D eigenvalue weighted by molar-refractivity contribution is 4.99. The van der Waals surface area contributed by atoms with Gasteiger partial charge in [0.1, 0.15) is 48.8 Å². The highest BCUT2D eigenvalue weighted by atomic mass is 16.8. The second kappa shape index (κ2) is 16.5. The van der Waals surface area contributed by atoms with Gasteiger partial charge in [0.05, 0.1) is 50.8 Å². The summed E-state index contributed by atoms with van der Waals surface area (Å²) in [6.07, 6.45) is -10.7. The van der Waals surface area contributed by atoms with Crippen LogP contribution in [0.2, 0.25) is 0 Å². The standard InChI is InChI=1S/C37H60O17/c1-14-26(38)30-22(10-40-18(5)44-30)49-35(14)52-28-16(3)37(51-24-12-42-20(7)46-32(24)28)54-29-17(4)36(50-25-13-43-21(8)47-33(25)29)53-27-15(2)34(39-9)48-23-11-41-19(6)45-31(23)27/h14-38H,10-13H2,1-9H3/t14?,15?,16?,17?,18?,19?,20?,21?,22?,23?,24?,25?,26-,27-,28-,29-,30+,31+,32+,33+,34-,35+,36+,37+/m1/s1. The van der Waals surface area contributed by atoms with Gasteiger partial charge in [-0.3, -0.25) is 0 Å². The van der Waals surface area contributed by atoms with Crippen LogP contribution in [-0.4, -0.2) is 162 Å². The van der Waals surface area contributed by atoms with Crippen LogP contribution in [0, 0.1) is 23.7 Å². The van der Waals surface area contributed by atoms with Gasteiger partial charge in [-0.05, 0) is 27.7 Å². The predicted octanol–water partition coefficient (Wildman–Crippen LogP) is 1.64. The highest BCUT2D eigenvalue weighted by Crippen LogP contribution is 2.43. The molecule has 8 rings (SSSR count). The van der Waals surface area contributed by atoms with Crippen molar-refractivity contribution in [3.63, 3.8) is 0 Å². The van der Waals surface area contributed by atoms with Crippen molar-refractivity contribution in [3.8, 4) is 0 Å². The van der Waals surface area contributed by atoms with E-state index in [4.69, 9.17) is 75.8 Å². The van der Waals surface area contributed by atoms with E-state index in [1.807, 2.05) is 55.4 Å². The fourth-order valence-corrected chi connectivity index (χ4v) is 9.14. The van der Waals surface area contributed by atoms with E-state index in [2.05, 4.69) is 0 Å². The quantitative estimate of drug-likeness (QED) is 0.396. The summed E-state index contributed by atoms with van der Waals surface area (Å²) in [6.45, 7) is 16.6. The zero-order chi connectivity index (χ0) is 38.0. The number of methoxy groups -OCH3 is 1. The van der Waals surface area contributed by atoms with Gasteiger partial charge >= 0.3 is 0 Å². The van der Waals surface area contributed by atoms with Gasteiger partial charge in [0.15, 0.2) is 50.3 Å². The Morgan fingerprint density at radius 3 is 1.06 bits per heavy atom. The molecule has 17 nitrogen and oxygen atoms in total. The first-order valence-electron chi connectivity index (χ1n) is 19.8. The summed E-state index contributed by atoms with van der Waals surface area (Å²) in [4.78, 5) is 0. The molecule has 8 fully saturated rings. The first-order valence-corrected chi connectivity index (χ1v) is 19.8. The molecule has 8 aliphatic rings. The van der Waals surface area contributed by atoms with Crippen LogP contribution in [0.1, 0.15) is 55.4 Å². The molecule has 8 aliphatic heterocycles. The van der Waals surface area contributed by atoms with Crippen LogP contribution in [-0.2, 0) is 75.8 Å². The molecule has 0 radical (unpaired) electrons. The van der Waals surface area contributed by atoms with Crippen molar-refractivity contribution < 1.29 is 80.9 Å². The van der Waals surface area contributed by atoms with Crippen LogP contribution in [0.5, 0.6) is 0 Å². The minimum absolute atomic E-state index is 0.188. The van der Waals surface area contributed by atoms with Gasteiger partial charge in [-0.25, -0.2) is 0 Å². The molecule has 0 aromatic rings. The van der Waals surface area contributed by atoms with Crippen LogP contribution in [0.15, 0.2) is 0 Å². The van der Waals surface area contributed by atoms with Crippen molar-refractivity contribution in [2.45, 2.75) is 179 Å². The summed E-state index contributed by atoms with van der Waals surface area (Å²) >= 11 is 0. The Labute approximate surface area is 316 Å². The number of ether oxygens (including phenoxy) is 16. The van der Waals surface area contributed by atoms with Gasteiger partial charge in [0, 0.05) is 30.8 Å². The van der Waals surface area contributed by atoms with E-state index in [0.29, 0.717) is 13.2 Å². The lowest BCUT2D eigenvalue weighted by Gasteiger charge is -2.54. The Hall–Kier alpha value is -0.680. The van der Waals surface area contributed by atoms with E-state index in [0.717, 1.165) is 0 Å². The van der Waals surface area contributed by atoms with Gasteiger partial charge in [-0.2, -0.15) is 0 Å². The van der Waals surface area contributed by atoms with Gasteiger partial charge in [0.2, 0.25) is 0 Å². The maximum atomic E-state index is 11.3. The molecular weight excluding hydrogens is 716 g/mol. The summed E-state index contributed by atoms with van der Waals surface area (Å²) < 4.78 is 100. The molecule has 8 saturated heterocycles. The molecule has 0 aliphatic carbocycles. The third-order valence-electron chi connectivity index (χ3n) is 12.3. The molecule has 310 valence electrons. The molecule has 0 aromatic carbocycles. The van der Waals surface area contributed by atoms with Gasteiger partial charge in [-0.15, -0.1) is 0 Å². The van der Waals surface area contributed by atoms with Gasteiger partial charge in [0.25, 0.3) is 0 Å². The molecular formula is C37H60O17. The van der Waals surface area contributed by atoms with E-state index in [9.17, 15) is 5.11 Å². The summed E-state index contributed by atoms with van der Waals surface area (Å²) in [5, 5.41) is 11.3. The average Bonchev–Trinajstić information content (AvgIpc) is 3.15. The first kappa shape index (κ1) is 40.1. The van der Waals surface area contributed by atoms with Crippen LogP contribution in [0.3, 0.4) is 0 Å². The zero-order valence-electron chi connectivity index (χ0n) is 32.7. The van der Waals surface area contributed by atoms with E-state index in [1.54, 1.807) is 7.11 Å². The molecule has 0 saturated carbocycles. The Bertz CT molecular complexity index is 1250.